The average Bonchev–Trinajstić information content (AvgIpc) is 2.61. The van der Waals surface area contributed by atoms with Gasteiger partial charge in [0.1, 0.15) is 18.4 Å². The van der Waals surface area contributed by atoms with Crippen LogP contribution in [0.25, 0.3) is 0 Å². The Morgan fingerprint density at radius 2 is 1.85 bits per heavy atom. The fourth-order valence-electron chi connectivity index (χ4n) is 4.01. The molecule has 1 N–H and O–H groups in total. The van der Waals surface area contributed by atoms with Crippen molar-refractivity contribution in [3.05, 3.63) is 64.2 Å². The fraction of sp³-hybridized carbons (Fsp3) is 0.435. The summed E-state index contributed by atoms with van der Waals surface area (Å²) in [6.45, 7) is 8.28. The largest absolute Gasteiger partial charge is 0.488 e. The lowest BCUT2D eigenvalue weighted by atomic mass is 10.00. The molecule has 2 aromatic carbocycles. The molecule has 1 fully saturated rings. The molecule has 4 nitrogen and oxygen atoms in total. The predicted octanol–water partition coefficient (Wildman–Crippen LogP) is 4.63. The summed E-state index contributed by atoms with van der Waals surface area (Å²) < 4.78 is 6.11. The van der Waals surface area contributed by atoms with Crippen molar-refractivity contribution in [2.24, 2.45) is 0 Å². The van der Waals surface area contributed by atoms with Crippen LogP contribution in [0.2, 0.25) is 0 Å². The van der Waals surface area contributed by atoms with Crippen molar-refractivity contribution >= 4 is 5.97 Å². The van der Waals surface area contributed by atoms with Crippen molar-refractivity contribution in [1.29, 1.82) is 0 Å². The number of nitrogens with zero attached hydrogens (tertiary/aromatic N) is 1. The molecule has 1 atom stereocenters. The van der Waals surface area contributed by atoms with Gasteiger partial charge in [-0.2, -0.15) is 0 Å². The maximum absolute atomic E-state index is 11.5. The van der Waals surface area contributed by atoms with E-state index in [1.807, 2.05) is 6.07 Å². The maximum atomic E-state index is 11.5. The SMILES string of the molecule is Cc1cccc(COc2c(C)cc(CN3CCCCC3C(=O)O)cc2C)c1. The molecule has 0 aromatic heterocycles. The van der Waals surface area contributed by atoms with Gasteiger partial charge in [-0.25, -0.2) is 0 Å². The molecule has 1 saturated heterocycles. The second kappa shape index (κ2) is 8.57. The maximum Gasteiger partial charge on any atom is 0.320 e. The number of carbonyl (C=O) groups is 1. The Labute approximate surface area is 161 Å². The van der Waals surface area contributed by atoms with Crippen LogP contribution in [0.1, 0.15) is 47.1 Å². The van der Waals surface area contributed by atoms with Crippen LogP contribution in [-0.4, -0.2) is 28.6 Å². The van der Waals surface area contributed by atoms with Crippen molar-refractivity contribution < 1.29 is 14.6 Å². The molecule has 3 rings (SSSR count). The molecule has 27 heavy (non-hydrogen) atoms. The fourth-order valence-corrected chi connectivity index (χ4v) is 4.01. The summed E-state index contributed by atoms with van der Waals surface area (Å²) in [6, 6.07) is 12.2. The molecule has 0 aliphatic carbocycles. The molecule has 0 spiro atoms. The van der Waals surface area contributed by atoms with Crippen LogP contribution >= 0.6 is 0 Å². The Hall–Kier alpha value is -2.33. The van der Waals surface area contributed by atoms with Crippen LogP contribution in [0.3, 0.4) is 0 Å². The number of hydrogen-bond donors (Lipinski definition) is 1. The number of hydrogen-bond acceptors (Lipinski definition) is 3. The first-order valence-corrected chi connectivity index (χ1v) is 9.69. The number of carboxylic acids is 1. The normalized spacial score (nSPS) is 17.7. The highest BCUT2D eigenvalue weighted by molar-refractivity contribution is 5.73. The Bertz CT molecular complexity index is 792. The zero-order valence-electron chi connectivity index (χ0n) is 16.5. The number of rotatable bonds is 6. The van der Waals surface area contributed by atoms with Gasteiger partial charge < -0.3 is 9.84 Å². The molecule has 1 aliphatic rings. The molecule has 0 bridgehead atoms. The third-order valence-electron chi connectivity index (χ3n) is 5.27. The number of likely N-dealkylation sites (tertiary alicyclic amines) is 1. The molecule has 1 aliphatic heterocycles. The zero-order chi connectivity index (χ0) is 19.4. The third-order valence-corrected chi connectivity index (χ3v) is 5.27. The summed E-state index contributed by atoms with van der Waals surface area (Å²) in [5.74, 6) is 0.218. The summed E-state index contributed by atoms with van der Waals surface area (Å²) >= 11 is 0. The molecule has 0 amide bonds. The Kier molecular flexibility index (Phi) is 6.17. The lowest BCUT2D eigenvalue weighted by Gasteiger charge is -2.33. The molecule has 2 aromatic rings. The van der Waals surface area contributed by atoms with E-state index in [2.05, 4.69) is 56.0 Å². The van der Waals surface area contributed by atoms with Gasteiger partial charge in [-0.3, -0.25) is 9.69 Å². The van der Waals surface area contributed by atoms with E-state index in [1.54, 1.807) is 0 Å². The van der Waals surface area contributed by atoms with Crippen molar-refractivity contribution in [2.75, 3.05) is 6.54 Å². The number of ether oxygens (including phenoxy) is 1. The van der Waals surface area contributed by atoms with E-state index in [0.29, 0.717) is 13.2 Å². The minimum Gasteiger partial charge on any atom is -0.488 e. The molecular weight excluding hydrogens is 338 g/mol. The first kappa shape index (κ1) is 19.4. The van der Waals surface area contributed by atoms with Crippen LogP contribution < -0.4 is 4.74 Å². The van der Waals surface area contributed by atoms with Gasteiger partial charge in [0.25, 0.3) is 0 Å². The monoisotopic (exact) mass is 367 g/mol. The van der Waals surface area contributed by atoms with Gasteiger partial charge in [-0.15, -0.1) is 0 Å². The molecule has 1 heterocycles. The number of benzene rings is 2. The molecule has 1 unspecified atom stereocenters. The van der Waals surface area contributed by atoms with Gasteiger partial charge in [0.05, 0.1) is 0 Å². The number of aryl methyl sites for hydroxylation is 3. The first-order chi connectivity index (χ1) is 12.9. The number of aliphatic carboxylic acids is 1. The van der Waals surface area contributed by atoms with E-state index < -0.39 is 5.97 Å². The van der Waals surface area contributed by atoms with E-state index in [4.69, 9.17) is 4.74 Å². The molecule has 4 heteroatoms. The van der Waals surface area contributed by atoms with Gasteiger partial charge in [0.2, 0.25) is 0 Å². The van der Waals surface area contributed by atoms with Gasteiger partial charge >= 0.3 is 5.97 Å². The van der Waals surface area contributed by atoms with E-state index in [-0.39, 0.29) is 6.04 Å². The van der Waals surface area contributed by atoms with Crippen LogP contribution in [0.4, 0.5) is 0 Å². The van der Waals surface area contributed by atoms with Crippen LogP contribution in [-0.2, 0) is 17.9 Å². The minimum absolute atomic E-state index is 0.364. The molecule has 0 radical (unpaired) electrons. The second-order valence-corrected chi connectivity index (χ2v) is 7.66. The van der Waals surface area contributed by atoms with E-state index in [0.717, 1.165) is 53.8 Å². The average molecular weight is 367 g/mol. The Morgan fingerprint density at radius 1 is 1.11 bits per heavy atom. The van der Waals surface area contributed by atoms with Gasteiger partial charge in [0, 0.05) is 6.54 Å². The quantitative estimate of drug-likeness (QED) is 0.809. The van der Waals surface area contributed by atoms with Crippen molar-refractivity contribution in [2.45, 2.75) is 59.2 Å². The summed E-state index contributed by atoms with van der Waals surface area (Å²) in [4.78, 5) is 13.6. The smallest absolute Gasteiger partial charge is 0.320 e. The van der Waals surface area contributed by atoms with Gasteiger partial charge in [-0.05, 0) is 62.4 Å². The van der Waals surface area contributed by atoms with Gasteiger partial charge in [0.15, 0.2) is 0 Å². The predicted molar refractivity (Wildman–Crippen MR) is 107 cm³/mol. The molecule has 144 valence electrons. The topological polar surface area (TPSA) is 49.8 Å². The summed E-state index contributed by atoms with van der Waals surface area (Å²) in [7, 11) is 0. The highest BCUT2D eigenvalue weighted by Crippen LogP contribution is 2.28. The highest BCUT2D eigenvalue weighted by Gasteiger charge is 2.28. The zero-order valence-corrected chi connectivity index (χ0v) is 16.5. The summed E-state index contributed by atoms with van der Waals surface area (Å²) in [5.41, 5.74) is 5.74. The first-order valence-electron chi connectivity index (χ1n) is 9.69. The van der Waals surface area contributed by atoms with Crippen molar-refractivity contribution in [1.82, 2.24) is 4.90 Å². The lowest BCUT2D eigenvalue weighted by Crippen LogP contribution is -2.44. The minimum atomic E-state index is -0.707. The Balaban J connectivity index is 1.71. The van der Waals surface area contributed by atoms with E-state index in [1.165, 1.54) is 5.56 Å². The number of piperidine rings is 1. The van der Waals surface area contributed by atoms with Gasteiger partial charge in [-0.1, -0.05) is 48.4 Å². The molecular formula is C23H29NO3. The van der Waals surface area contributed by atoms with Crippen LogP contribution in [0.15, 0.2) is 36.4 Å². The van der Waals surface area contributed by atoms with Crippen LogP contribution in [0, 0.1) is 20.8 Å². The number of carboxylic acid groups (broad SMARTS) is 1. The standard InChI is InChI=1S/C23H29NO3/c1-16-7-6-8-19(11-16)15-27-22-17(2)12-20(13-18(22)3)14-24-10-5-4-9-21(24)23(25)26/h6-8,11-13,21H,4-5,9-10,14-15H2,1-3H3,(H,25,26). The van der Waals surface area contributed by atoms with Crippen LogP contribution in [0.5, 0.6) is 5.75 Å². The highest BCUT2D eigenvalue weighted by atomic mass is 16.5. The van der Waals surface area contributed by atoms with Crippen molar-refractivity contribution in [3.63, 3.8) is 0 Å². The third kappa shape index (κ3) is 4.89. The lowest BCUT2D eigenvalue weighted by molar-refractivity contribution is -0.144. The van der Waals surface area contributed by atoms with Crippen molar-refractivity contribution in [3.8, 4) is 5.75 Å². The Morgan fingerprint density at radius 3 is 2.52 bits per heavy atom. The second-order valence-electron chi connectivity index (χ2n) is 7.66. The van der Waals surface area contributed by atoms with E-state index in [9.17, 15) is 9.90 Å². The summed E-state index contributed by atoms with van der Waals surface area (Å²) in [5, 5.41) is 9.48. The summed E-state index contributed by atoms with van der Waals surface area (Å²) in [6.07, 6.45) is 2.81. The van der Waals surface area contributed by atoms with E-state index >= 15 is 0 Å². The molecule has 0 saturated carbocycles.